The Morgan fingerprint density at radius 1 is 0.549 bits per heavy atom. The minimum absolute atomic E-state index is 0.0548. The van der Waals surface area contributed by atoms with Crippen molar-refractivity contribution in [2.75, 3.05) is 26.3 Å². The van der Waals surface area contributed by atoms with Gasteiger partial charge in [0.05, 0.1) is 42.1 Å². The van der Waals surface area contributed by atoms with E-state index in [1.807, 2.05) is 115 Å². The van der Waals surface area contributed by atoms with E-state index in [-0.39, 0.29) is 70.6 Å². The van der Waals surface area contributed by atoms with E-state index in [2.05, 4.69) is 10.1 Å². The van der Waals surface area contributed by atoms with Crippen LogP contribution in [0.1, 0.15) is 126 Å². The second-order valence-corrected chi connectivity index (χ2v) is 20.9. The first-order valence-corrected chi connectivity index (χ1v) is 27.7. The van der Waals surface area contributed by atoms with Crippen LogP contribution in [0.15, 0.2) is 157 Å². The summed E-state index contributed by atoms with van der Waals surface area (Å²) in [4.78, 5) is 73.8. The van der Waals surface area contributed by atoms with E-state index < -0.39 is 6.04 Å². The molecule has 82 heavy (non-hydrogen) atoms. The number of ether oxygens (including phenoxy) is 4. The van der Waals surface area contributed by atoms with Gasteiger partial charge in [0.1, 0.15) is 58.2 Å². The molecule has 0 saturated carbocycles. The molecule has 416 valence electrons. The number of Topliss-reactive ketones (excluding diaryl/α,β-unsaturated/α-hetero) is 2. The number of benzene rings is 6. The minimum Gasteiger partial charge on any atom is -0.507 e. The number of phenols is 2. The van der Waals surface area contributed by atoms with Crippen LogP contribution in [0.4, 0.5) is 0 Å². The van der Waals surface area contributed by atoms with Crippen molar-refractivity contribution in [3.8, 4) is 46.0 Å². The molecule has 2 aromatic heterocycles. The standard InChI is InChI=1S/C34H33N3O6.C32H28N2O5/c1-21-16-32(40)37(35-22(21)2)20-33(41)36-14-13-23-17-26-9-11-28(23)34(36)24-6-5-7-25(18-24)42-15-4-3-8-30(38)29-19-27(43-26)10-12-31(29)39;35-29-9-2-4-17-38-23-7-5-6-22(19-23)31-26-12-10-24(39-25-11-13-30(36)27(29)20-25)18-21(26)14-16-34(31)32(37)28-8-1-3-15-33-28/h5-7,9-12,16-19,34,39H,3-4,8,13-15,20H2,1-2H3;1,3,5-8,10-13,15,18-20,31,36H,2,4,9,14,16-17H2. The summed E-state index contributed by atoms with van der Waals surface area (Å²) in [5.74, 6) is 2.78. The Kier molecular flexibility index (Phi) is 15.9. The van der Waals surface area contributed by atoms with Gasteiger partial charge < -0.3 is 39.0 Å². The number of hydrogen-bond donors (Lipinski definition) is 2. The molecular weight excluding hydrogens is 1040 g/mol. The van der Waals surface area contributed by atoms with Crippen LogP contribution in [0.3, 0.4) is 0 Å². The summed E-state index contributed by atoms with van der Waals surface area (Å²) in [7, 11) is 0. The molecule has 14 rings (SSSR count). The first-order valence-electron chi connectivity index (χ1n) is 27.7. The third-order valence-corrected chi connectivity index (χ3v) is 15.4. The van der Waals surface area contributed by atoms with E-state index in [0.29, 0.717) is 117 Å². The maximum atomic E-state index is 13.8. The molecule has 2 N–H and O–H groups in total. The zero-order chi connectivity index (χ0) is 56.9. The summed E-state index contributed by atoms with van der Waals surface area (Å²) < 4.78 is 25.6. The number of fused-ring (bicyclic) bond motifs is 12. The van der Waals surface area contributed by atoms with Gasteiger partial charge in [0.25, 0.3) is 11.5 Å². The number of pyridine rings is 1. The zero-order valence-corrected chi connectivity index (χ0v) is 45.6. The fourth-order valence-electron chi connectivity index (χ4n) is 11.0. The molecule has 6 aliphatic heterocycles. The van der Waals surface area contributed by atoms with Crippen molar-refractivity contribution < 1.29 is 48.3 Å². The van der Waals surface area contributed by atoms with Gasteiger partial charge in [0.2, 0.25) is 5.91 Å². The fraction of sp³-hybridized carbons (Fsp3) is 0.258. The van der Waals surface area contributed by atoms with Crippen molar-refractivity contribution in [1.29, 1.82) is 0 Å². The lowest BCUT2D eigenvalue weighted by atomic mass is 9.87. The van der Waals surface area contributed by atoms with Gasteiger partial charge in [0, 0.05) is 38.2 Å². The molecule has 2 atom stereocenters. The van der Waals surface area contributed by atoms with Crippen molar-refractivity contribution in [3.63, 3.8) is 0 Å². The Morgan fingerprint density at radius 2 is 1.07 bits per heavy atom. The van der Waals surface area contributed by atoms with Crippen molar-refractivity contribution in [2.24, 2.45) is 0 Å². The minimum atomic E-state index is -0.409. The highest BCUT2D eigenvalue weighted by molar-refractivity contribution is 5.99. The number of carbonyl (C=O) groups is 4. The predicted octanol–water partition coefficient (Wildman–Crippen LogP) is 11.4. The lowest BCUT2D eigenvalue weighted by Crippen LogP contribution is -2.43. The number of amides is 2. The van der Waals surface area contributed by atoms with Crippen molar-refractivity contribution in [1.82, 2.24) is 24.6 Å². The zero-order valence-electron chi connectivity index (χ0n) is 45.6. The van der Waals surface area contributed by atoms with Crippen LogP contribution in [-0.4, -0.2) is 84.5 Å². The Balaban J connectivity index is 0.000000173. The predicted molar refractivity (Wildman–Crippen MR) is 306 cm³/mol. The summed E-state index contributed by atoms with van der Waals surface area (Å²) in [5, 5.41) is 25.0. The maximum Gasteiger partial charge on any atom is 0.273 e. The summed E-state index contributed by atoms with van der Waals surface area (Å²) >= 11 is 0. The maximum absolute atomic E-state index is 13.8. The van der Waals surface area contributed by atoms with Crippen LogP contribution in [0, 0.1) is 13.8 Å². The van der Waals surface area contributed by atoms with E-state index >= 15 is 0 Å². The van der Waals surface area contributed by atoms with Gasteiger partial charge in [-0.3, -0.25) is 29.0 Å². The molecule has 0 fully saturated rings. The van der Waals surface area contributed by atoms with Crippen LogP contribution in [0.2, 0.25) is 0 Å². The Hall–Kier alpha value is -9.57. The quantitative estimate of drug-likeness (QED) is 0.169. The largest absolute Gasteiger partial charge is 0.507 e. The highest BCUT2D eigenvalue weighted by Gasteiger charge is 2.35. The molecule has 16 heteroatoms. The molecule has 16 bridgehead atoms. The molecule has 6 aliphatic rings. The number of aromatic nitrogens is 3. The second kappa shape index (κ2) is 24.0. The molecule has 16 nitrogen and oxygen atoms in total. The summed E-state index contributed by atoms with van der Waals surface area (Å²) in [6.45, 7) is 5.30. The Labute approximate surface area is 474 Å². The highest BCUT2D eigenvalue weighted by Crippen LogP contribution is 2.42. The number of rotatable bonds is 3. The van der Waals surface area contributed by atoms with Crippen LogP contribution in [-0.2, 0) is 24.2 Å². The molecule has 0 saturated heterocycles. The smallest absolute Gasteiger partial charge is 0.273 e. The molecule has 8 heterocycles. The van der Waals surface area contributed by atoms with Crippen molar-refractivity contribution in [2.45, 2.75) is 83.8 Å². The normalized spacial score (nSPS) is 16.8. The summed E-state index contributed by atoms with van der Waals surface area (Å²) in [5.41, 5.74) is 7.97. The second-order valence-electron chi connectivity index (χ2n) is 20.9. The van der Waals surface area contributed by atoms with E-state index in [9.17, 15) is 34.2 Å². The first kappa shape index (κ1) is 54.4. The lowest BCUT2D eigenvalue weighted by molar-refractivity contribution is -0.134. The molecule has 8 aromatic rings. The van der Waals surface area contributed by atoms with Gasteiger partial charge in [0.15, 0.2) is 11.6 Å². The highest BCUT2D eigenvalue weighted by atomic mass is 16.5. The Bertz CT molecular complexity index is 3800. The van der Waals surface area contributed by atoms with Gasteiger partial charge in [-0.1, -0.05) is 42.5 Å². The van der Waals surface area contributed by atoms with E-state index in [1.54, 1.807) is 42.6 Å². The number of hydrogen-bond acceptors (Lipinski definition) is 13. The van der Waals surface area contributed by atoms with Gasteiger partial charge in [-0.25, -0.2) is 4.68 Å². The van der Waals surface area contributed by atoms with Crippen LogP contribution in [0.5, 0.6) is 46.0 Å². The lowest BCUT2D eigenvalue weighted by Gasteiger charge is -2.38. The number of ketones is 2. The molecule has 0 spiro atoms. The fourth-order valence-corrected chi connectivity index (χ4v) is 11.0. The topological polar surface area (TPSA) is 200 Å². The van der Waals surface area contributed by atoms with Crippen LogP contribution in [0.25, 0.3) is 0 Å². The SMILES string of the molecule is Cc1cc(=O)n(CC(=O)N2CCc3cc4ccc3C2c2cccc(c2)OCCCCC(=O)c2cc(ccc2O)O4)nc1C.O=C1CCCCOc2cccc(c2)C2c3ccc(cc3CCN2C(=O)c2ccccn2)Oc2ccc(O)c1c2. The molecule has 2 unspecified atom stereocenters. The molecular formula is C66H61N5O11. The summed E-state index contributed by atoms with van der Waals surface area (Å²) in [6, 6.07) is 42.7. The van der Waals surface area contributed by atoms with E-state index in [0.717, 1.165) is 38.9 Å². The van der Waals surface area contributed by atoms with Gasteiger partial charge in [-0.05, 0) is 188 Å². The van der Waals surface area contributed by atoms with Crippen LogP contribution >= 0.6 is 0 Å². The monoisotopic (exact) mass is 1100 g/mol. The average molecular weight is 1100 g/mol. The molecule has 6 aromatic carbocycles. The molecule has 0 radical (unpaired) electrons. The molecule has 0 aliphatic carbocycles. The van der Waals surface area contributed by atoms with E-state index in [1.165, 1.54) is 22.9 Å². The summed E-state index contributed by atoms with van der Waals surface area (Å²) in [6.07, 6.45) is 6.01. The third-order valence-electron chi connectivity index (χ3n) is 15.4. The third kappa shape index (κ3) is 12.0. The van der Waals surface area contributed by atoms with Gasteiger partial charge in [-0.15, -0.1) is 0 Å². The number of aryl methyl sites for hydroxylation is 2. The van der Waals surface area contributed by atoms with Gasteiger partial charge in [-0.2, -0.15) is 5.10 Å². The first-order chi connectivity index (χ1) is 39.8. The van der Waals surface area contributed by atoms with Crippen molar-refractivity contribution in [3.05, 3.63) is 224 Å². The van der Waals surface area contributed by atoms with Gasteiger partial charge >= 0.3 is 0 Å². The molecule has 2 amide bonds. The van der Waals surface area contributed by atoms with Crippen LogP contribution < -0.4 is 24.5 Å². The van der Waals surface area contributed by atoms with E-state index in [4.69, 9.17) is 18.9 Å². The van der Waals surface area contributed by atoms with Crippen molar-refractivity contribution >= 4 is 23.4 Å². The number of aromatic hydroxyl groups is 2. The Morgan fingerprint density at radius 3 is 1.62 bits per heavy atom. The average Bonchev–Trinajstić information content (AvgIpc) is 3.20. The number of carbonyl (C=O) groups excluding carboxylic acids is 4. The number of phenolic OH excluding ortho intramolecular Hbond substituents is 2. The number of nitrogens with zero attached hydrogens (tertiary/aromatic N) is 5.